The van der Waals surface area contributed by atoms with E-state index in [4.69, 9.17) is 0 Å². The van der Waals surface area contributed by atoms with E-state index in [9.17, 15) is 4.79 Å². The molecule has 5 heteroatoms. The van der Waals surface area contributed by atoms with Gasteiger partial charge in [-0.05, 0) is 18.9 Å². The third-order valence-electron chi connectivity index (χ3n) is 4.16. The highest BCUT2D eigenvalue weighted by molar-refractivity contribution is 8.00. The van der Waals surface area contributed by atoms with Crippen molar-refractivity contribution in [2.45, 2.75) is 56.5 Å². The molecule has 122 valence electrons. The highest BCUT2D eigenvalue weighted by atomic mass is 32.2. The number of hydrogen-bond donors (Lipinski definition) is 1. The first-order chi connectivity index (χ1) is 11.1. The van der Waals surface area contributed by atoms with E-state index < -0.39 is 0 Å². The summed E-state index contributed by atoms with van der Waals surface area (Å²) in [7, 11) is 0. The molecule has 4 nitrogen and oxygen atoms in total. The molecule has 0 radical (unpaired) electrons. The summed E-state index contributed by atoms with van der Waals surface area (Å²) in [5.41, 5.74) is 0.949. The summed E-state index contributed by atoms with van der Waals surface area (Å²) >= 11 is 1.51. The third-order valence-corrected chi connectivity index (χ3v) is 5.15. The largest absolute Gasteiger partial charge is 0.353 e. The van der Waals surface area contributed by atoms with Gasteiger partial charge in [-0.25, -0.2) is 9.97 Å². The fourth-order valence-electron chi connectivity index (χ4n) is 2.91. The fourth-order valence-corrected chi connectivity index (χ4v) is 3.74. The Hall–Kier alpha value is -1.62. The number of hydrogen-bond acceptors (Lipinski definition) is 4. The van der Waals surface area contributed by atoms with Crippen LogP contribution in [-0.4, -0.2) is 27.7 Å². The molecule has 1 aliphatic rings. The Bertz CT molecular complexity index is 696. The number of carbonyl (C=O) groups excluding carboxylic acids is 1. The number of rotatable bonds is 5. The first-order valence-corrected chi connectivity index (χ1v) is 9.31. The highest BCUT2D eigenvalue weighted by Gasteiger charge is 2.18. The standard InChI is InChI=1S/C18H23N3OS/c1-12(2)17-20-15-10-6-5-9-14(15)18(21-17)23-11-16(22)19-13-7-3-4-8-13/h5-6,9-10,12-13H,3-4,7-8,11H2,1-2H3,(H,19,22). The van der Waals surface area contributed by atoms with Gasteiger partial charge >= 0.3 is 0 Å². The van der Waals surface area contributed by atoms with Gasteiger partial charge in [-0.3, -0.25) is 4.79 Å². The Morgan fingerprint density at radius 2 is 2.00 bits per heavy atom. The molecular formula is C18H23N3OS. The number of nitrogens with one attached hydrogen (secondary N) is 1. The fraction of sp³-hybridized carbons (Fsp3) is 0.500. The van der Waals surface area contributed by atoms with Gasteiger partial charge in [-0.15, -0.1) is 0 Å². The van der Waals surface area contributed by atoms with Gasteiger partial charge in [-0.2, -0.15) is 0 Å². The van der Waals surface area contributed by atoms with Crippen LogP contribution in [0.15, 0.2) is 29.3 Å². The summed E-state index contributed by atoms with van der Waals surface area (Å²) in [5, 5.41) is 5.06. The SMILES string of the molecule is CC(C)c1nc(SCC(=O)NC2CCCC2)c2ccccc2n1. The lowest BCUT2D eigenvalue weighted by Crippen LogP contribution is -2.33. The predicted molar refractivity (Wildman–Crippen MR) is 94.7 cm³/mol. The summed E-state index contributed by atoms with van der Waals surface area (Å²) in [4.78, 5) is 21.4. The molecule has 1 aromatic heterocycles. The number of fused-ring (bicyclic) bond motifs is 1. The lowest BCUT2D eigenvalue weighted by atomic mass is 10.2. The molecule has 1 N–H and O–H groups in total. The zero-order valence-electron chi connectivity index (χ0n) is 13.7. The second-order valence-corrected chi connectivity index (χ2v) is 7.36. The van der Waals surface area contributed by atoms with E-state index in [1.807, 2.05) is 24.3 Å². The van der Waals surface area contributed by atoms with Gasteiger partial charge in [0.15, 0.2) is 0 Å². The maximum absolute atomic E-state index is 12.2. The molecule has 0 atom stereocenters. The van der Waals surface area contributed by atoms with E-state index in [0.29, 0.717) is 11.8 Å². The minimum Gasteiger partial charge on any atom is -0.353 e. The highest BCUT2D eigenvalue weighted by Crippen LogP contribution is 2.27. The lowest BCUT2D eigenvalue weighted by Gasteiger charge is -2.13. The molecule has 1 saturated carbocycles. The van der Waals surface area contributed by atoms with Gasteiger partial charge < -0.3 is 5.32 Å². The van der Waals surface area contributed by atoms with Gasteiger partial charge in [-0.1, -0.05) is 56.7 Å². The molecule has 0 spiro atoms. The zero-order valence-corrected chi connectivity index (χ0v) is 14.5. The Balaban J connectivity index is 1.74. The smallest absolute Gasteiger partial charge is 0.230 e. The van der Waals surface area contributed by atoms with E-state index in [2.05, 4.69) is 29.1 Å². The number of nitrogens with zero attached hydrogens (tertiary/aromatic N) is 2. The number of thioether (sulfide) groups is 1. The van der Waals surface area contributed by atoms with Crippen LogP contribution >= 0.6 is 11.8 Å². The van der Waals surface area contributed by atoms with Crippen LogP contribution < -0.4 is 5.32 Å². The average Bonchev–Trinajstić information content (AvgIpc) is 3.05. The quantitative estimate of drug-likeness (QED) is 0.667. The second kappa shape index (κ2) is 7.30. The van der Waals surface area contributed by atoms with Gasteiger partial charge in [0.1, 0.15) is 10.9 Å². The van der Waals surface area contributed by atoms with Crippen molar-refractivity contribution in [2.75, 3.05) is 5.75 Å². The summed E-state index contributed by atoms with van der Waals surface area (Å²) in [6.45, 7) is 4.18. The van der Waals surface area contributed by atoms with Crippen molar-refractivity contribution in [3.63, 3.8) is 0 Å². The molecule has 1 amide bonds. The molecular weight excluding hydrogens is 306 g/mol. The van der Waals surface area contributed by atoms with Crippen LogP contribution in [0, 0.1) is 0 Å². The van der Waals surface area contributed by atoms with Crippen molar-refractivity contribution in [3.8, 4) is 0 Å². The van der Waals surface area contributed by atoms with Gasteiger partial charge in [0.25, 0.3) is 0 Å². The first-order valence-electron chi connectivity index (χ1n) is 8.32. The second-order valence-electron chi connectivity index (χ2n) is 6.40. The van der Waals surface area contributed by atoms with Crippen LogP contribution in [0.1, 0.15) is 51.3 Å². The van der Waals surface area contributed by atoms with Crippen molar-refractivity contribution in [1.29, 1.82) is 0 Å². The summed E-state index contributed by atoms with van der Waals surface area (Å²) in [6, 6.07) is 8.38. The van der Waals surface area contributed by atoms with E-state index in [1.165, 1.54) is 24.6 Å². The monoisotopic (exact) mass is 329 g/mol. The summed E-state index contributed by atoms with van der Waals surface area (Å²) in [5.74, 6) is 1.62. The maximum Gasteiger partial charge on any atom is 0.230 e. The molecule has 23 heavy (non-hydrogen) atoms. The predicted octanol–water partition coefficient (Wildman–Crippen LogP) is 3.90. The number of carbonyl (C=O) groups is 1. The Kier molecular flexibility index (Phi) is 5.16. The molecule has 0 unspecified atom stereocenters. The minimum atomic E-state index is 0.107. The van der Waals surface area contributed by atoms with Crippen LogP contribution in [0.4, 0.5) is 0 Å². The molecule has 0 aliphatic heterocycles. The van der Waals surface area contributed by atoms with Crippen molar-refractivity contribution in [3.05, 3.63) is 30.1 Å². The van der Waals surface area contributed by atoms with Crippen LogP contribution in [0.2, 0.25) is 0 Å². The molecule has 0 saturated heterocycles. The van der Waals surface area contributed by atoms with E-state index in [0.717, 1.165) is 34.6 Å². The van der Waals surface area contributed by atoms with Gasteiger partial charge in [0.05, 0.1) is 11.3 Å². The topological polar surface area (TPSA) is 54.9 Å². The van der Waals surface area contributed by atoms with Crippen molar-refractivity contribution >= 4 is 28.6 Å². The van der Waals surface area contributed by atoms with Crippen molar-refractivity contribution in [2.24, 2.45) is 0 Å². The van der Waals surface area contributed by atoms with E-state index >= 15 is 0 Å². The molecule has 1 aromatic carbocycles. The molecule has 1 aliphatic carbocycles. The number of amides is 1. The van der Waals surface area contributed by atoms with Gasteiger partial charge in [0, 0.05) is 17.3 Å². The van der Waals surface area contributed by atoms with Crippen LogP contribution in [0.5, 0.6) is 0 Å². The number of aromatic nitrogens is 2. The number of para-hydroxylation sites is 1. The Labute approximate surface area is 141 Å². The molecule has 3 rings (SSSR count). The molecule has 1 fully saturated rings. The molecule has 1 heterocycles. The average molecular weight is 329 g/mol. The third kappa shape index (κ3) is 4.02. The number of benzene rings is 1. The summed E-state index contributed by atoms with van der Waals surface area (Å²) in [6.07, 6.45) is 4.69. The Morgan fingerprint density at radius 1 is 1.26 bits per heavy atom. The van der Waals surface area contributed by atoms with E-state index in [-0.39, 0.29) is 11.8 Å². The summed E-state index contributed by atoms with van der Waals surface area (Å²) < 4.78 is 0. The van der Waals surface area contributed by atoms with Crippen LogP contribution in [-0.2, 0) is 4.79 Å². The Morgan fingerprint density at radius 3 is 2.74 bits per heavy atom. The van der Waals surface area contributed by atoms with Crippen molar-refractivity contribution in [1.82, 2.24) is 15.3 Å². The van der Waals surface area contributed by atoms with Crippen LogP contribution in [0.25, 0.3) is 10.9 Å². The zero-order chi connectivity index (χ0) is 16.2. The first kappa shape index (κ1) is 16.2. The van der Waals surface area contributed by atoms with Crippen molar-refractivity contribution < 1.29 is 4.79 Å². The van der Waals surface area contributed by atoms with Gasteiger partial charge in [0.2, 0.25) is 5.91 Å². The maximum atomic E-state index is 12.2. The lowest BCUT2D eigenvalue weighted by molar-refractivity contribution is -0.119. The minimum absolute atomic E-state index is 0.107. The molecule has 0 bridgehead atoms. The normalized spacial score (nSPS) is 15.4. The van der Waals surface area contributed by atoms with Crippen LogP contribution in [0.3, 0.4) is 0 Å². The molecule has 2 aromatic rings. The van der Waals surface area contributed by atoms with E-state index in [1.54, 1.807) is 0 Å².